The average Bonchev–Trinajstić information content (AvgIpc) is 2.84. The minimum absolute atomic E-state index is 0.0533. The Hall–Kier alpha value is -3.54. The van der Waals surface area contributed by atoms with Crippen LogP contribution < -0.4 is 14.8 Å². The number of hydrogen-bond acceptors (Lipinski definition) is 4. The van der Waals surface area contributed by atoms with Crippen molar-refractivity contribution in [2.45, 2.75) is 19.8 Å². The summed E-state index contributed by atoms with van der Waals surface area (Å²) in [6.45, 7) is 3.58. The topological polar surface area (TPSA) is 67.9 Å². The first-order chi connectivity index (χ1) is 15.6. The van der Waals surface area contributed by atoms with Crippen molar-refractivity contribution in [3.8, 4) is 11.5 Å². The first-order valence-corrected chi connectivity index (χ1v) is 11.0. The second kappa shape index (κ2) is 9.73. The van der Waals surface area contributed by atoms with Crippen molar-refractivity contribution in [1.82, 2.24) is 4.90 Å². The van der Waals surface area contributed by atoms with Gasteiger partial charge in [-0.1, -0.05) is 24.3 Å². The molecule has 0 spiro atoms. The molecule has 2 amide bonds. The zero-order valence-electron chi connectivity index (χ0n) is 18.5. The third-order valence-corrected chi connectivity index (χ3v) is 5.85. The highest BCUT2D eigenvalue weighted by molar-refractivity contribution is 6.08. The van der Waals surface area contributed by atoms with E-state index in [-0.39, 0.29) is 17.7 Å². The van der Waals surface area contributed by atoms with Gasteiger partial charge >= 0.3 is 0 Å². The number of rotatable bonds is 6. The lowest BCUT2D eigenvalue weighted by atomic mass is 9.95. The van der Waals surface area contributed by atoms with Crippen LogP contribution in [0, 0.1) is 5.92 Å². The summed E-state index contributed by atoms with van der Waals surface area (Å²) in [6, 6.07) is 18.7. The second-order valence-corrected chi connectivity index (χ2v) is 7.90. The van der Waals surface area contributed by atoms with Crippen LogP contribution >= 0.6 is 0 Å². The number of methoxy groups -OCH3 is 1. The van der Waals surface area contributed by atoms with Crippen LogP contribution in [0.2, 0.25) is 0 Å². The summed E-state index contributed by atoms with van der Waals surface area (Å²) in [4.78, 5) is 28.1. The molecule has 6 heteroatoms. The number of ether oxygens (including phenoxy) is 2. The molecule has 0 saturated carbocycles. The van der Waals surface area contributed by atoms with Crippen molar-refractivity contribution in [2.75, 3.05) is 32.1 Å². The molecule has 1 heterocycles. The monoisotopic (exact) mass is 432 g/mol. The van der Waals surface area contributed by atoms with E-state index < -0.39 is 0 Å². The molecule has 3 aromatic carbocycles. The van der Waals surface area contributed by atoms with Crippen molar-refractivity contribution in [1.29, 1.82) is 0 Å². The summed E-state index contributed by atoms with van der Waals surface area (Å²) in [5.74, 6) is 1.15. The van der Waals surface area contributed by atoms with Crippen LogP contribution in [0.3, 0.4) is 0 Å². The van der Waals surface area contributed by atoms with Crippen molar-refractivity contribution in [3.05, 3.63) is 66.2 Å². The first-order valence-electron chi connectivity index (χ1n) is 11.0. The number of nitrogens with one attached hydrogen (secondary N) is 1. The Labute approximate surface area is 188 Å². The molecule has 1 fully saturated rings. The Bertz CT molecular complexity index is 1110. The zero-order valence-corrected chi connectivity index (χ0v) is 18.5. The van der Waals surface area contributed by atoms with Crippen molar-refractivity contribution >= 4 is 28.3 Å². The van der Waals surface area contributed by atoms with Gasteiger partial charge in [-0.25, -0.2) is 0 Å². The molecule has 0 aliphatic carbocycles. The van der Waals surface area contributed by atoms with Crippen LogP contribution in [-0.4, -0.2) is 43.5 Å². The lowest BCUT2D eigenvalue weighted by Gasteiger charge is -2.32. The molecular formula is C26H28N2O4. The van der Waals surface area contributed by atoms with Gasteiger partial charge in [0.25, 0.3) is 5.91 Å². The van der Waals surface area contributed by atoms with Gasteiger partial charge in [0.1, 0.15) is 11.5 Å². The number of nitrogens with zero attached hydrogens (tertiary/aromatic N) is 1. The Kier molecular flexibility index (Phi) is 6.59. The number of amides is 2. The van der Waals surface area contributed by atoms with Crippen molar-refractivity contribution in [2.24, 2.45) is 5.92 Å². The van der Waals surface area contributed by atoms with E-state index in [2.05, 4.69) is 5.32 Å². The highest BCUT2D eigenvalue weighted by Crippen LogP contribution is 2.30. The molecule has 166 valence electrons. The molecular weight excluding hydrogens is 404 g/mol. The van der Waals surface area contributed by atoms with Crippen LogP contribution in [0.5, 0.6) is 11.5 Å². The molecule has 0 radical (unpaired) electrons. The van der Waals surface area contributed by atoms with E-state index in [0.717, 1.165) is 40.8 Å². The molecule has 6 nitrogen and oxygen atoms in total. The van der Waals surface area contributed by atoms with E-state index in [1.807, 2.05) is 67.6 Å². The van der Waals surface area contributed by atoms with Gasteiger partial charge in [0, 0.05) is 29.7 Å². The van der Waals surface area contributed by atoms with Gasteiger partial charge < -0.3 is 19.7 Å². The number of fused-ring (bicyclic) bond motifs is 1. The van der Waals surface area contributed by atoms with Gasteiger partial charge in [0.2, 0.25) is 5.91 Å². The molecule has 3 aromatic rings. The van der Waals surface area contributed by atoms with Crippen LogP contribution in [0.25, 0.3) is 10.8 Å². The standard InChI is InChI=1S/C26H28N2O4/c1-3-32-20-12-10-19(11-13-20)27-25(29)18-7-6-16-28(17-18)26(30)23-14-15-24(31-2)22-9-5-4-8-21(22)23/h4-5,8-15,18H,3,6-7,16-17H2,1-2H3,(H,27,29). The first kappa shape index (κ1) is 21.7. The molecule has 1 aliphatic rings. The van der Waals surface area contributed by atoms with E-state index in [4.69, 9.17) is 9.47 Å². The minimum atomic E-state index is -0.246. The largest absolute Gasteiger partial charge is 0.496 e. The van der Waals surface area contributed by atoms with E-state index >= 15 is 0 Å². The zero-order chi connectivity index (χ0) is 22.5. The quantitative estimate of drug-likeness (QED) is 0.611. The summed E-state index contributed by atoms with van der Waals surface area (Å²) < 4.78 is 10.9. The smallest absolute Gasteiger partial charge is 0.254 e. The summed E-state index contributed by atoms with van der Waals surface area (Å²) in [5.41, 5.74) is 1.36. The normalized spacial score (nSPS) is 15.9. The molecule has 0 bridgehead atoms. The lowest BCUT2D eigenvalue weighted by molar-refractivity contribution is -0.121. The third-order valence-electron chi connectivity index (χ3n) is 5.85. The van der Waals surface area contributed by atoms with Crippen molar-refractivity contribution < 1.29 is 19.1 Å². The molecule has 1 atom stereocenters. The Morgan fingerprint density at radius 3 is 2.50 bits per heavy atom. The third kappa shape index (κ3) is 4.54. The summed E-state index contributed by atoms with van der Waals surface area (Å²) in [5, 5.41) is 4.74. The highest BCUT2D eigenvalue weighted by Gasteiger charge is 2.29. The minimum Gasteiger partial charge on any atom is -0.496 e. The molecule has 32 heavy (non-hydrogen) atoms. The van der Waals surface area contributed by atoms with Gasteiger partial charge in [-0.3, -0.25) is 9.59 Å². The number of piperidine rings is 1. The highest BCUT2D eigenvalue weighted by atomic mass is 16.5. The van der Waals surface area contributed by atoms with Crippen LogP contribution in [0.4, 0.5) is 5.69 Å². The van der Waals surface area contributed by atoms with E-state index in [0.29, 0.717) is 25.3 Å². The molecule has 1 N–H and O–H groups in total. The van der Waals surface area contributed by atoms with Gasteiger partial charge in [0.15, 0.2) is 0 Å². The fourth-order valence-electron chi connectivity index (χ4n) is 4.23. The van der Waals surface area contributed by atoms with Gasteiger partial charge in [-0.05, 0) is 61.5 Å². The number of hydrogen-bond donors (Lipinski definition) is 1. The number of benzene rings is 3. The van der Waals surface area contributed by atoms with E-state index in [1.165, 1.54) is 0 Å². The van der Waals surface area contributed by atoms with Crippen molar-refractivity contribution in [3.63, 3.8) is 0 Å². The summed E-state index contributed by atoms with van der Waals surface area (Å²) in [6.07, 6.45) is 1.55. The average molecular weight is 433 g/mol. The lowest BCUT2D eigenvalue weighted by Crippen LogP contribution is -2.43. The number of carbonyl (C=O) groups is 2. The van der Waals surface area contributed by atoms with E-state index in [9.17, 15) is 9.59 Å². The van der Waals surface area contributed by atoms with Gasteiger partial charge in [-0.2, -0.15) is 0 Å². The van der Waals surface area contributed by atoms with E-state index in [1.54, 1.807) is 12.0 Å². The molecule has 1 aliphatic heterocycles. The Morgan fingerprint density at radius 2 is 1.78 bits per heavy atom. The number of likely N-dealkylation sites (tertiary alicyclic amines) is 1. The summed E-state index contributed by atoms with van der Waals surface area (Å²) in [7, 11) is 1.63. The molecule has 1 saturated heterocycles. The predicted molar refractivity (Wildman–Crippen MR) is 125 cm³/mol. The predicted octanol–water partition coefficient (Wildman–Crippen LogP) is 4.74. The molecule has 0 aromatic heterocycles. The maximum atomic E-state index is 13.4. The van der Waals surface area contributed by atoms with Gasteiger partial charge in [-0.15, -0.1) is 0 Å². The fourth-order valence-corrected chi connectivity index (χ4v) is 4.23. The number of carbonyl (C=O) groups excluding carboxylic acids is 2. The fraction of sp³-hybridized carbons (Fsp3) is 0.308. The maximum Gasteiger partial charge on any atom is 0.254 e. The van der Waals surface area contributed by atoms with Crippen LogP contribution in [-0.2, 0) is 4.79 Å². The second-order valence-electron chi connectivity index (χ2n) is 7.90. The Morgan fingerprint density at radius 1 is 1.03 bits per heavy atom. The Balaban J connectivity index is 1.47. The molecule has 1 unspecified atom stereocenters. The van der Waals surface area contributed by atoms with Gasteiger partial charge in [0.05, 0.1) is 19.6 Å². The SMILES string of the molecule is CCOc1ccc(NC(=O)C2CCCN(C(=O)c3ccc(OC)c4ccccc34)C2)cc1. The summed E-state index contributed by atoms with van der Waals surface area (Å²) >= 11 is 0. The molecule has 4 rings (SSSR count). The van der Waals surface area contributed by atoms with Crippen LogP contribution in [0.15, 0.2) is 60.7 Å². The van der Waals surface area contributed by atoms with Crippen LogP contribution in [0.1, 0.15) is 30.1 Å². The maximum absolute atomic E-state index is 13.4. The number of anilines is 1.